The maximum absolute atomic E-state index is 15.3. The molecule has 1 amide bonds. The molecule has 3 heterocycles. The second-order valence-corrected chi connectivity index (χ2v) is 10.2. The van der Waals surface area contributed by atoms with Gasteiger partial charge >= 0.3 is 6.18 Å². The van der Waals surface area contributed by atoms with Crippen molar-refractivity contribution in [2.75, 3.05) is 20.6 Å². The van der Waals surface area contributed by atoms with Gasteiger partial charge in [-0.3, -0.25) is 9.48 Å². The molecule has 0 radical (unpaired) electrons. The highest BCUT2D eigenvalue weighted by Gasteiger charge is 2.41. The third kappa shape index (κ3) is 5.00. The first-order valence-corrected chi connectivity index (χ1v) is 12.0. The van der Waals surface area contributed by atoms with E-state index in [2.05, 4.69) is 5.10 Å². The van der Waals surface area contributed by atoms with Crippen molar-refractivity contribution in [3.05, 3.63) is 74.5 Å². The molecule has 0 saturated heterocycles. The zero-order valence-corrected chi connectivity index (χ0v) is 20.8. The monoisotopic (exact) mass is 526 g/mol. The van der Waals surface area contributed by atoms with Crippen LogP contribution in [-0.4, -0.2) is 46.1 Å². The van der Waals surface area contributed by atoms with Crippen molar-refractivity contribution in [3.63, 3.8) is 0 Å². The Labute approximate surface area is 209 Å². The summed E-state index contributed by atoms with van der Waals surface area (Å²) < 4.78 is 58.6. The molecule has 2 aromatic heterocycles. The summed E-state index contributed by atoms with van der Waals surface area (Å²) in [6, 6.07) is 4.99. The van der Waals surface area contributed by atoms with Crippen LogP contribution in [0.3, 0.4) is 0 Å². The fraction of sp³-hybridized carbons (Fsp3) is 0.333. The fourth-order valence-corrected chi connectivity index (χ4v) is 5.52. The Morgan fingerprint density at radius 1 is 1.31 bits per heavy atom. The van der Waals surface area contributed by atoms with E-state index in [9.17, 15) is 18.0 Å². The number of rotatable bonds is 6. The van der Waals surface area contributed by atoms with Crippen molar-refractivity contribution in [1.29, 1.82) is 0 Å². The van der Waals surface area contributed by atoms with E-state index in [4.69, 9.17) is 11.6 Å². The summed E-state index contributed by atoms with van der Waals surface area (Å²) in [6.07, 6.45) is -0.449. The topological polar surface area (TPSA) is 41.4 Å². The Morgan fingerprint density at radius 3 is 2.71 bits per heavy atom. The molecule has 0 spiro atoms. The Hall–Kier alpha value is -2.69. The standard InChI is InChI=1S/C24H23ClF4N4OS/c1-4-32-12-16(23(30-32)24(27,28)29)21-14(7-5-8-17(21)26)22-15-11-19(25)35-18(15)13-33(22)20(34)9-6-10-31(2)3/h5-9,11-12,22H,4,10,13H2,1-3H3/b9-6+. The molecule has 5 nitrogen and oxygen atoms in total. The maximum Gasteiger partial charge on any atom is 0.435 e. The molecule has 3 aromatic rings. The molecule has 0 aliphatic carbocycles. The summed E-state index contributed by atoms with van der Waals surface area (Å²) >= 11 is 7.53. The van der Waals surface area contributed by atoms with Gasteiger partial charge in [0.25, 0.3) is 0 Å². The molecule has 0 fully saturated rings. The lowest BCUT2D eigenvalue weighted by Gasteiger charge is -2.27. The smallest absolute Gasteiger partial charge is 0.323 e. The summed E-state index contributed by atoms with van der Waals surface area (Å²) in [5, 5.41) is 3.65. The van der Waals surface area contributed by atoms with Crippen molar-refractivity contribution < 1.29 is 22.4 Å². The van der Waals surface area contributed by atoms with Crippen molar-refractivity contribution >= 4 is 28.8 Å². The van der Waals surface area contributed by atoms with Crippen LogP contribution >= 0.6 is 22.9 Å². The Kier molecular flexibility index (Phi) is 7.08. The van der Waals surface area contributed by atoms with Gasteiger partial charge in [0.1, 0.15) is 5.82 Å². The van der Waals surface area contributed by atoms with Crippen LogP contribution in [0.15, 0.2) is 42.6 Å². The highest BCUT2D eigenvalue weighted by atomic mass is 35.5. The summed E-state index contributed by atoms with van der Waals surface area (Å²) in [7, 11) is 3.72. The number of amides is 1. The highest BCUT2D eigenvalue weighted by Crippen LogP contribution is 2.48. The lowest BCUT2D eigenvalue weighted by Crippen LogP contribution is -2.29. The number of benzene rings is 1. The van der Waals surface area contributed by atoms with Crippen molar-refractivity contribution in [2.45, 2.75) is 32.2 Å². The van der Waals surface area contributed by atoms with Gasteiger partial charge < -0.3 is 9.80 Å². The predicted molar refractivity (Wildman–Crippen MR) is 128 cm³/mol. The number of thiophene rings is 1. The molecular formula is C24H23ClF4N4OS. The van der Waals surface area contributed by atoms with Gasteiger partial charge in [0, 0.05) is 41.4 Å². The molecule has 1 aliphatic rings. The van der Waals surface area contributed by atoms with Gasteiger partial charge in [-0.15, -0.1) is 11.3 Å². The number of nitrogens with zero attached hydrogens (tertiary/aromatic N) is 4. The second-order valence-electron chi connectivity index (χ2n) is 8.41. The molecule has 1 aromatic carbocycles. The van der Waals surface area contributed by atoms with Crippen LogP contribution in [-0.2, 0) is 24.1 Å². The molecule has 35 heavy (non-hydrogen) atoms. The van der Waals surface area contributed by atoms with Gasteiger partial charge in [0.05, 0.1) is 16.9 Å². The number of fused-ring (bicyclic) bond motifs is 1. The number of alkyl halides is 3. The zero-order valence-electron chi connectivity index (χ0n) is 19.2. The first kappa shape index (κ1) is 25.4. The van der Waals surface area contributed by atoms with Crippen molar-refractivity contribution in [3.8, 4) is 11.1 Å². The van der Waals surface area contributed by atoms with E-state index in [1.165, 1.54) is 34.6 Å². The van der Waals surface area contributed by atoms with E-state index >= 15 is 4.39 Å². The molecule has 1 atom stereocenters. The summed E-state index contributed by atoms with van der Waals surface area (Å²) in [5.41, 5.74) is -0.838. The van der Waals surface area contributed by atoms with Crippen molar-refractivity contribution in [1.82, 2.24) is 19.6 Å². The summed E-state index contributed by atoms with van der Waals surface area (Å²) in [5.74, 6) is -1.15. The number of halogens is 5. The van der Waals surface area contributed by atoms with Gasteiger partial charge in [-0.25, -0.2) is 4.39 Å². The lowest BCUT2D eigenvalue weighted by molar-refractivity contribution is -0.141. The minimum absolute atomic E-state index is 0.182. The molecule has 11 heteroatoms. The number of aryl methyl sites for hydroxylation is 1. The minimum Gasteiger partial charge on any atom is -0.323 e. The third-order valence-electron chi connectivity index (χ3n) is 5.71. The number of aromatic nitrogens is 2. The predicted octanol–water partition coefficient (Wildman–Crippen LogP) is 5.99. The molecule has 0 bridgehead atoms. The maximum atomic E-state index is 15.3. The zero-order chi connectivity index (χ0) is 25.5. The minimum atomic E-state index is -4.79. The number of hydrogen-bond donors (Lipinski definition) is 0. The molecule has 186 valence electrons. The molecule has 1 unspecified atom stereocenters. The van der Waals surface area contributed by atoms with E-state index in [0.29, 0.717) is 16.4 Å². The molecule has 1 aliphatic heterocycles. The first-order chi connectivity index (χ1) is 16.5. The lowest BCUT2D eigenvalue weighted by atomic mass is 9.91. The van der Waals surface area contributed by atoms with Crippen LogP contribution in [0.25, 0.3) is 11.1 Å². The Morgan fingerprint density at radius 2 is 2.06 bits per heavy atom. The largest absolute Gasteiger partial charge is 0.435 e. The second kappa shape index (κ2) is 9.75. The quantitative estimate of drug-likeness (QED) is 0.292. The van der Waals surface area contributed by atoms with Crippen LogP contribution in [0.2, 0.25) is 4.34 Å². The average Bonchev–Trinajstić information content (AvgIpc) is 3.44. The Balaban J connectivity index is 1.89. The van der Waals surface area contributed by atoms with E-state index in [-0.39, 0.29) is 35.7 Å². The highest BCUT2D eigenvalue weighted by molar-refractivity contribution is 7.16. The summed E-state index contributed by atoms with van der Waals surface area (Å²) in [6.45, 7) is 2.59. The molecule has 0 N–H and O–H groups in total. The number of likely N-dealkylation sites (N-methyl/N-ethyl adjacent to an activating group) is 1. The molecule has 0 saturated carbocycles. The Bertz CT molecular complexity index is 1280. The number of carbonyl (C=O) groups is 1. The fourth-order valence-electron chi connectivity index (χ4n) is 4.21. The average molecular weight is 527 g/mol. The number of carbonyl (C=O) groups excluding carboxylic acids is 1. The normalized spacial score (nSPS) is 16.0. The van der Waals surface area contributed by atoms with Gasteiger partial charge in [-0.1, -0.05) is 29.8 Å². The van der Waals surface area contributed by atoms with Gasteiger partial charge in [-0.05, 0) is 44.3 Å². The SMILES string of the molecule is CCn1cc(-c2c(F)cccc2C2c3cc(Cl)sc3CN2C(=O)/C=C/CN(C)C)c(C(F)(F)F)n1. The third-order valence-corrected chi connectivity index (χ3v) is 6.97. The van der Waals surface area contributed by atoms with E-state index in [1.807, 2.05) is 19.0 Å². The van der Waals surface area contributed by atoms with E-state index in [0.717, 1.165) is 15.6 Å². The van der Waals surface area contributed by atoms with Crippen LogP contribution in [0.1, 0.15) is 34.7 Å². The van der Waals surface area contributed by atoms with E-state index < -0.39 is 23.7 Å². The summed E-state index contributed by atoms with van der Waals surface area (Å²) in [4.78, 5) is 17.4. The van der Waals surface area contributed by atoms with Crippen LogP contribution in [0.5, 0.6) is 0 Å². The van der Waals surface area contributed by atoms with Gasteiger partial charge in [0.15, 0.2) is 5.69 Å². The van der Waals surface area contributed by atoms with Crippen LogP contribution in [0.4, 0.5) is 17.6 Å². The molecular weight excluding hydrogens is 504 g/mol. The van der Waals surface area contributed by atoms with Gasteiger partial charge in [-0.2, -0.15) is 18.3 Å². The first-order valence-electron chi connectivity index (χ1n) is 10.8. The van der Waals surface area contributed by atoms with Gasteiger partial charge in [0.2, 0.25) is 5.91 Å². The molecule has 4 rings (SSSR count). The van der Waals surface area contributed by atoms with Crippen molar-refractivity contribution in [2.24, 2.45) is 0 Å². The van der Waals surface area contributed by atoms with E-state index in [1.54, 1.807) is 25.1 Å². The van der Waals surface area contributed by atoms with Crippen LogP contribution < -0.4 is 0 Å². The number of hydrogen-bond acceptors (Lipinski definition) is 4. The van der Waals surface area contributed by atoms with Crippen LogP contribution in [0, 0.1) is 5.82 Å².